The highest BCUT2D eigenvalue weighted by Crippen LogP contribution is 2.14. The lowest BCUT2D eigenvalue weighted by atomic mass is 10.1. The van der Waals surface area contributed by atoms with E-state index in [-0.39, 0.29) is 30.7 Å². The van der Waals surface area contributed by atoms with Gasteiger partial charge in [-0.3, -0.25) is 18.7 Å². The molecule has 7 nitrogen and oxygen atoms in total. The van der Waals surface area contributed by atoms with Gasteiger partial charge in [0.15, 0.2) is 0 Å². The maximum atomic E-state index is 12.7. The van der Waals surface area contributed by atoms with E-state index in [9.17, 15) is 14.4 Å². The van der Waals surface area contributed by atoms with Crippen LogP contribution in [0, 0.1) is 0 Å². The molecule has 1 heterocycles. The number of nitrogens with zero attached hydrogens (tertiary/aromatic N) is 2. The highest BCUT2D eigenvalue weighted by molar-refractivity contribution is 5.81. The van der Waals surface area contributed by atoms with Gasteiger partial charge in [-0.05, 0) is 57.0 Å². The number of benzene rings is 2. The molecule has 30 heavy (non-hydrogen) atoms. The molecular formula is C23H27N3O4. The Morgan fingerprint density at radius 3 is 2.40 bits per heavy atom. The predicted octanol–water partition coefficient (Wildman–Crippen LogP) is 2.33. The Balaban J connectivity index is 1.67. The third kappa shape index (κ3) is 4.79. The van der Waals surface area contributed by atoms with Crippen molar-refractivity contribution in [3.05, 3.63) is 74.9 Å². The minimum atomic E-state index is -0.475. The number of hydrogen-bond donors (Lipinski definition) is 1. The van der Waals surface area contributed by atoms with E-state index in [1.54, 1.807) is 31.2 Å². The molecule has 158 valence electrons. The molecule has 0 aliphatic heterocycles. The van der Waals surface area contributed by atoms with Gasteiger partial charge in [-0.2, -0.15) is 0 Å². The van der Waals surface area contributed by atoms with E-state index in [0.29, 0.717) is 23.9 Å². The lowest BCUT2D eigenvalue weighted by molar-refractivity contribution is -0.121. The second-order valence-electron chi connectivity index (χ2n) is 7.35. The van der Waals surface area contributed by atoms with E-state index < -0.39 is 5.69 Å². The number of hydrogen-bond acceptors (Lipinski definition) is 4. The van der Waals surface area contributed by atoms with Crippen molar-refractivity contribution in [1.82, 2.24) is 14.5 Å². The van der Waals surface area contributed by atoms with E-state index in [4.69, 9.17) is 4.74 Å². The van der Waals surface area contributed by atoms with Crippen LogP contribution in [0.2, 0.25) is 0 Å². The average molecular weight is 409 g/mol. The molecule has 0 saturated carbocycles. The highest BCUT2D eigenvalue weighted by atomic mass is 16.5. The number of aromatic nitrogens is 2. The van der Waals surface area contributed by atoms with Crippen LogP contribution in [0.3, 0.4) is 0 Å². The van der Waals surface area contributed by atoms with Crippen LogP contribution >= 0.6 is 0 Å². The largest absolute Gasteiger partial charge is 0.491 e. The summed E-state index contributed by atoms with van der Waals surface area (Å²) in [5, 5.41) is 3.28. The van der Waals surface area contributed by atoms with E-state index in [1.807, 2.05) is 38.1 Å². The predicted molar refractivity (Wildman–Crippen MR) is 117 cm³/mol. The zero-order valence-electron chi connectivity index (χ0n) is 17.6. The summed E-state index contributed by atoms with van der Waals surface area (Å²) in [7, 11) is 0. The van der Waals surface area contributed by atoms with Crippen molar-refractivity contribution in [2.75, 3.05) is 6.54 Å². The minimum Gasteiger partial charge on any atom is -0.491 e. The topological polar surface area (TPSA) is 82.3 Å². The molecule has 3 aromatic rings. The Morgan fingerprint density at radius 2 is 1.73 bits per heavy atom. The Labute approximate surface area is 174 Å². The summed E-state index contributed by atoms with van der Waals surface area (Å²) in [5.74, 6) is 0.540. The normalized spacial score (nSPS) is 11.1. The van der Waals surface area contributed by atoms with Gasteiger partial charge >= 0.3 is 5.69 Å². The van der Waals surface area contributed by atoms with Gasteiger partial charge in [0.25, 0.3) is 5.56 Å². The van der Waals surface area contributed by atoms with Gasteiger partial charge in [0.05, 0.1) is 17.0 Å². The molecule has 0 bridgehead atoms. The fourth-order valence-electron chi connectivity index (χ4n) is 3.36. The molecular weight excluding hydrogens is 382 g/mol. The monoisotopic (exact) mass is 409 g/mol. The summed E-state index contributed by atoms with van der Waals surface area (Å²) in [5.41, 5.74) is 0.735. The van der Waals surface area contributed by atoms with Crippen LogP contribution in [0.15, 0.2) is 58.1 Å². The first-order chi connectivity index (χ1) is 14.4. The first kappa shape index (κ1) is 21.4. The molecule has 1 aromatic heterocycles. The van der Waals surface area contributed by atoms with Crippen LogP contribution < -0.4 is 21.3 Å². The molecule has 0 unspecified atom stereocenters. The van der Waals surface area contributed by atoms with Gasteiger partial charge in [0.2, 0.25) is 5.91 Å². The van der Waals surface area contributed by atoms with Crippen LogP contribution in [0.5, 0.6) is 5.75 Å². The maximum Gasteiger partial charge on any atom is 0.331 e. The summed E-state index contributed by atoms with van der Waals surface area (Å²) in [6.07, 6.45) is 0.786. The third-order valence-corrected chi connectivity index (χ3v) is 4.78. The Bertz CT molecular complexity index is 1140. The minimum absolute atomic E-state index is 0.122. The first-order valence-electron chi connectivity index (χ1n) is 10.2. The van der Waals surface area contributed by atoms with Crippen LogP contribution in [0.1, 0.15) is 26.3 Å². The molecule has 0 spiro atoms. The number of carbonyl (C=O) groups excluding carboxylic acids is 1. The molecule has 7 heteroatoms. The smallest absolute Gasteiger partial charge is 0.331 e. The summed E-state index contributed by atoms with van der Waals surface area (Å²) in [4.78, 5) is 37.7. The van der Waals surface area contributed by atoms with Gasteiger partial charge in [-0.15, -0.1) is 0 Å². The van der Waals surface area contributed by atoms with Crippen molar-refractivity contribution in [2.45, 2.75) is 46.4 Å². The van der Waals surface area contributed by atoms with E-state index in [0.717, 1.165) is 15.9 Å². The summed E-state index contributed by atoms with van der Waals surface area (Å²) in [6, 6.07) is 14.6. The quantitative estimate of drug-likeness (QED) is 0.619. The molecule has 3 rings (SSSR count). The standard InChI is InChI=1S/C23H27N3O4/c1-4-25-22(28)19-7-5-6-8-20(19)26(23(25)29)15-21(27)24-14-13-17-9-11-18(12-10-17)30-16(2)3/h5-12,16H,4,13-15H2,1-3H3,(H,24,27). The first-order valence-corrected chi connectivity index (χ1v) is 10.2. The van der Waals surface area contributed by atoms with Crippen LogP contribution in [0.25, 0.3) is 10.9 Å². The van der Waals surface area contributed by atoms with Gasteiger partial charge in [0, 0.05) is 13.1 Å². The van der Waals surface area contributed by atoms with Crippen LogP contribution in [-0.2, 0) is 24.3 Å². The van der Waals surface area contributed by atoms with E-state index in [1.165, 1.54) is 4.57 Å². The highest BCUT2D eigenvalue weighted by Gasteiger charge is 2.14. The summed E-state index contributed by atoms with van der Waals surface area (Å²) >= 11 is 0. The van der Waals surface area contributed by atoms with E-state index >= 15 is 0 Å². The van der Waals surface area contributed by atoms with Crippen molar-refractivity contribution < 1.29 is 9.53 Å². The van der Waals surface area contributed by atoms with Crippen LogP contribution in [-0.4, -0.2) is 27.7 Å². The molecule has 1 N–H and O–H groups in total. The van der Waals surface area contributed by atoms with Gasteiger partial charge in [-0.1, -0.05) is 24.3 Å². The maximum absolute atomic E-state index is 12.7. The van der Waals surface area contributed by atoms with Crippen molar-refractivity contribution in [3.63, 3.8) is 0 Å². The molecule has 0 fully saturated rings. The summed E-state index contributed by atoms with van der Waals surface area (Å²) in [6.45, 7) is 6.25. The van der Waals surface area contributed by atoms with Gasteiger partial charge < -0.3 is 10.1 Å². The SMILES string of the molecule is CCn1c(=O)c2ccccc2n(CC(=O)NCCc2ccc(OC(C)C)cc2)c1=O. The second kappa shape index (κ2) is 9.43. The zero-order valence-corrected chi connectivity index (χ0v) is 17.6. The number of fused-ring (bicyclic) bond motifs is 1. The molecule has 1 amide bonds. The second-order valence-corrected chi connectivity index (χ2v) is 7.35. The number of amides is 1. The Kier molecular flexibility index (Phi) is 6.72. The number of carbonyl (C=O) groups is 1. The number of nitrogens with one attached hydrogen (secondary N) is 1. The molecule has 0 aliphatic carbocycles. The molecule has 2 aromatic carbocycles. The fraction of sp³-hybridized carbons (Fsp3) is 0.348. The molecule has 0 saturated heterocycles. The zero-order chi connectivity index (χ0) is 21.7. The molecule has 0 radical (unpaired) electrons. The van der Waals surface area contributed by atoms with E-state index in [2.05, 4.69) is 5.32 Å². The van der Waals surface area contributed by atoms with Crippen molar-refractivity contribution >= 4 is 16.8 Å². The number of ether oxygens (including phenoxy) is 1. The average Bonchev–Trinajstić information content (AvgIpc) is 2.72. The lowest BCUT2D eigenvalue weighted by Crippen LogP contribution is -2.42. The Morgan fingerprint density at radius 1 is 1.03 bits per heavy atom. The number of rotatable bonds is 8. The van der Waals surface area contributed by atoms with Crippen molar-refractivity contribution in [1.29, 1.82) is 0 Å². The van der Waals surface area contributed by atoms with Gasteiger partial charge in [-0.25, -0.2) is 4.79 Å². The van der Waals surface area contributed by atoms with Gasteiger partial charge in [0.1, 0.15) is 12.3 Å². The molecule has 0 aliphatic rings. The van der Waals surface area contributed by atoms with Crippen LogP contribution in [0.4, 0.5) is 0 Å². The summed E-state index contributed by atoms with van der Waals surface area (Å²) < 4.78 is 8.13. The van der Waals surface area contributed by atoms with Crippen molar-refractivity contribution in [3.8, 4) is 5.75 Å². The Hall–Kier alpha value is -3.35. The molecule has 0 atom stereocenters. The fourth-order valence-corrected chi connectivity index (χ4v) is 3.36. The number of para-hydroxylation sites is 1. The third-order valence-electron chi connectivity index (χ3n) is 4.78. The lowest BCUT2D eigenvalue weighted by Gasteiger charge is -2.13. The van der Waals surface area contributed by atoms with Crippen molar-refractivity contribution in [2.24, 2.45) is 0 Å².